The molecule has 0 spiro atoms. The average Bonchev–Trinajstić information content (AvgIpc) is 2.84. The highest BCUT2D eigenvalue weighted by Crippen LogP contribution is 2.37. The molecule has 0 aliphatic carbocycles. The number of hydrogen-bond donors (Lipinski definition) is 1. The number of carbonyl (C=O) groups excluding carboxylic acids is 2. The number of likely N-dealkylation sites (tertiary alicyclic amines) is 1. The van der Waals surface area contributed by atoms with Crippen LogP contribution in [0.25, 0.3) is 0 Å². The van der Waals surface area contributed by atoms with Crippen LogP contribution in [0.5, 0.6) is 17.2 Å². The summed E-state index contributed by atoms with van der Waals surface area (Å²) in [5, 5.41) is 3.25. The molecule has 2 aliphatic rings. The fraction of sp³-hybridized carbons (Fsp3) is 0.417. The Balaban J connectivity index is 1.51. The first kappa shape index (κ1) is 23.0. The van der Waals surface area contributed by atoms with Gasteiger partial charge >= 0.3 is 0 Å². The third-order valence-corrected chi connectivity index (χ3v) is 6.18. The number of carbonyl (C=O) groups is 2. The van der Waals surface area contributed by atoms with Gasteiger partial charge in [-0.25, -0.2) is 0 Å². The Morgan fingerprint density at radius 3 is 2.55 bits per heavy atom. The Kier molecular flexibility index (Phi) is 7.13. The van der Waals surface area contributed by atoms with Crippen LogP contribution < -0.4 is 24.4 Å². The van der Waals surface area contributed by atoms with Crippen LogP contribution in [0, 0.1) is 0 Å². The molecule has 1 N–H and O–H groups in total. The molecule has 1 fully saturated rings. The summed E-state index contributed by atoms with van der Waals surface area (Å²) in [6.07, 6.45) is 2.50. The molecule has 4 rings (SSSR count). The Bertz CT molecular complexity index is 1030. The van der Waals surface area contributed by atoms with Crippen molar-refractivity contribution in [2.24, 2.45) is 0 Å². The second-order valence-electron chi connectivity index (χ2n) is 8.08. The van der Waals surface area contributed by atoms with E-state index in [4.69, 9.17) is 25.8 Å². The smallest absolute Gasteiger partial charge is 0.265 e. The number of methoxy groups -OCH3 is 2. The Morgan fingerprint density at radius 1 is 1.09 bits per heavy atom. The fourth-order valence-electron chi connectivity index (χ4n) is 4.22. The number of nitrogens with zero attached hydrogens (tertiary/aromatic N) is 2. The van der Waals surface area contributed by atoms with Crippen LogP contribution >= 0.6 is 11.6 Å². The van der Waals surface area contributed by atoms with Crippen LogP contribution in [0.2, 0.25) is 5.02 Å². The van der Waals surface area contributed by atoms with Crippen molar-refractivity contribution >= 4 is 34.8 Å². The highest BCUT2D eigenvalue weighted by Gasteiger charge is 2.34. The van der Waals surface area contributed by atoms with Gasteiger partial charge in [0.2, 0.25) is 5.91 Å². The summed E-state index contributed by atoms with van der Waals surface area (Å²) in [5.41, 5.74) is 1.22. The van der Waals surface area contributed by atoms with E-state index in [9.17, 15) is 9.59 Å². The molecule has 9 heteroatoms. The largest absolute Gasteiger partial charge is 0.495 e. The molecule has 2 heterocycles. The predicted molar refractivity (Wildman–Crippen MR) is 127 cm³/mol. The third-order valence-electron chi connectivity index (χ3n) is 5.89. The number of fused-ring (bicyclic) bond motifs is 1. The summed E-state index contributed by atoms with van der Waals surface area (Å²) in [5.74, 6) is 1.15. The lowest BCUT2D eigenvalue weighted by atomic mass is 10.1. The zero-order chi connectivity index (χ0) is 23.4. The lowest BCUT2D eigenvalue weighted by Crippen LogP contribution is -2.52. The van der Waals surface area contributed by atoms with Gasteiger partial charge in [-0.3, -0.25) is 9.59 Å². The average molecular weight is 474 g/mol. The number of nitrogens with one attached hydrogen (secondary N) is 1. The second kappa shape index (κ2) is 10.2. The zero-order valence-electron chi connectivity index (χ0n) is 18.8. The summed E-state index contributed by atoms with van der Waals surface area (Å²) in [6, 6.07) is 10.7. The number of piperidine rings is 1. The van der Waals surface area contributed by atoms with E-state index >= 15 is 0 Å². The molecule has 2 amide bonds. The van der Waals surface area contributed by atoms with Gasteiger partial charge in [0.05, 0.1) is 43.7 Å². The van der Waals surface area contributed by atoms with E-state index in [0.717, 1.165) is 38.0 Å². The van der Waals surface area contributed by atoms with E-state index in [1.54, 1.807) is 12.1 Å². The number of ether oxygens (including phenoxy) is 3. The van der Waals surface area contributed by atoms with Gasteiger partial charge in [0, 0.05) is 25.2 Å². The lowest BCUT2D eigenvalue weighted by Gasteiger charge is -2.38. The summed E-state index contributed by atoms with van der Waals surface area (Å²) in [6.45, 7) is 1.83. The quantitative estimate of drug-likeness (QED) is 0.690. The van der Waals surface area contributed by atoms with Crippen LogP contribution in [0.3, 0.4) is 0 Å². The van der Waals surface area contributed by atoms with Crippen LogP contribution in [0.1, 0.15) is 19.3 Å². The van der Waals surface area contributed by atoms with Gasteiger partial charge in [-0.15, -0.1) is 0 Å². The standard InChI is InChI=1S/C24H28ClN3O5/c1-31-20-13-17(21(32-2)12-16(20)25)26-23(29)15-28-14-22(24(30)27-10-6-3-7-11-27)33-19-9-5-4-8-18(19)28/h4-5,8-9,12-13,22H,3,6-7,10-11,14-15H2,1-2H3,(H,26,29)/t22-/m1/s1. The molecule has 33 heavy (non-hydrogen) atoms. The lowest BCUT2D eigenvalue weighted by molar-refractivity contribution is -0.139. The summed E-state index contributed by atoms with van der Waals surface area (Å²) >= 11 is 6.16. The molecule has 0 unspecified atom stereocenters. The predicted octanol–water partition coefficient (Wildman–Crippen LogP) is 3.58. The minimum atomic E-state index is -0.657. The van der Waals surface area contributed by atoms with Crippen molar-refractivity contribution in [1.29, 1.82) is 0 Å². The van der Waals surface area contributed by atoms with Gasteiger partial charge in [0.1, 0.15) is 17.2 Å². The fourth-order valence-corrected chi connectivity index (χ4v) is 4.46. The molecule has 0 saturated carbocycles. The molecule has 0 radical (unpaired) electrons. The molecule has 2 aliphatic heterocycles. The number of hydrogen-bond acceptors (Lipinski definition) is 6. The summed E-state index contributed by atoms with van der Waals surface area (Å²) in [4.78, 5) is 29.8. The van der Waals surface area contributed by atoms with Crippen molar-refractivity contribution in [2.45, 2.75) is 25.4 Å². The van der Waals surface area contributed by atoms with E-state index in [0.29, 0.717) is 34.5 Å². The van der Waals surface area contributed by atoms with E-state index in [-0.39, 0.29) is 18.4 Å². The van der Waals surface area contributed by atoms with Crippen molar-refractivity contribution in [1.82, 2.24) is 4.90 Å². The first-order valence-electron chi connectivity index (χ1n) is 11.0. The van der Waals surface area contributed by atoms with Gasteiger partial charge in [-0.05, 0) is 31.4 Å². The van der Waals surface area contributed by atoms with Gasteiger partial charge in [-0.2, -0.15) is 0 Å². The summed E-state index contributed by atoms with van der Waals surface area (Å²) in [7, 11) is 3.01. The monoisotopic (exact) mass is 473 g/mol. The van der Waals surface area contributed by atoms with E-state index in [2.05, 4.69) is 5.32 Å². The topological polar surface area (TPSA) is 80.3 Å². The maximum atomic E-state index is 13.1. The van der Waals surface area contributed by atoms with Crippen molar-refractivity contribution in [3.63, 3.8) is 0 Å². The van der Waals surface area contributed by atoms with Crippen LogP contribution in [-0.2, 0) is 9.59 Å². The highest BCUT2D eigenvalue weighted by atomic mass is 35.5. The van der Waals surface area contributed by atoms with Crippen molar-refractivity contribution in [3.05, 3.63) is 41.4 Å². The first-order valence-corrected chi connectivity index (χ1v) is 11.4. The second-order valence-corrected chi connectivity index (χ2v) is 8.48. The van der Waals surface area contributed by atoms with Crippen molar-refractivity contribution in [2.75, 3.05) is 50.6 Å². The maximum Gasteiger partial charge on any atom is 0.265 e. The molecule has 176 valence electrons. The molecule has 0 bridgehead atoms. The van der Waals surface area contributed by atoms with Crippen molar-refractivity contribution < 1.29 is 23.8 Å². The van der Waals surface area contributed by atoms with Gasteiger partial charge in [-0.1, -0.05) is 23.7 Å². The summed E-state index contributed by atoms with van der Waals surface area (Å²) < 4.78 is 16.6. The molecule has 1 saturated heterocycles. The number of para-hydroxylation sites is 2. The molecule has 2 aromatic rings. The Morgan fingerprint density at radius 2 is 1.82 bits per heavy atom. The maximum absolute atomic E-state index is 13.1. The molecule has 1 atom stereocenters. The Labute approximate surface area is 198 Å². The molecule has 8 nitrogen and oxygen atoms in total. The van der Waals surface area contributed by atoms with Crippen LogP contribution in [-0.4, -0.2) is 63.2 Å². The van der Waals surface area contributed by atoms with Crippen molar-refractivity contribution in [3.8, 4) is 17.2 Å². The molecular formula is C24H28ClN3O5. The number of rotatable bonds is 6. The Hall–Kier alpha value is -3.13. The van der Waals surface area contributed by atoms with Crippen LogP contribution in [0.15, 0.2) is 36.4 Å². The zero-order valence-corrected chi connectivity index (χ0v) is 19.6. The van der Waals surface area contributed by atoms with Gasteiger partial charge in [0.25, 0.3) is 5.91 Å². The molecular weight excluding hydrogens is 446 g/mol. The molecule has 2 aromatic carbocycles. The SMILES string of the molecule is COc1cc(NC(=O)CN2C[C@H](C(=O)N3CCCCC3)Oc3ccccc32)c(OC)cc1Cl. The third kappa shape index (κ3) is 5.11. The minimum Gasteiger partial charge on any atom is -0.495 e. The number of benzene rings is 2. The number of amides is 2. The number of halogens is 1. The minimum absolute atomic E-state index is 0.0290. The van der Waals surface area contributed by atoms with E-state index in [1.807, 2.05) is 34.1 Å². The number of anilines is 2. The van der Waals surface area contributed by atoms with Crippen LogP contribution in [0.4, 0.5) is 11.4 Å². The normalized spacial score (nSPS) is 17.6. The van der Waals surface area contributed by atoms with Gasteiger partial charge in [0.15, 0.2) is 6.10 Å². The molecule has 0 aromatic heterocycles. The first-order chi connectivity index (χ1) is 16.0. The van der Waals surface area contributed by atoms with E-state index < -0.39 is 6.10 Å². The van der Waals surface area contributed by atoms with Gasteiger partial charge < -0.3 is 29.3 Å². The van der Waals surface area contributed by atoms with E-state index in [1.165, 1.54) is 14.2 Å². The highest BCUT2D eigenvalue weighted by molar-refractivity contribution is 6.32.